The van der Waals surface area contributed by atoms with E-state index >= 15 is 0 Å². The molecule has 2 aromatic rings. The van der Waals surface area contributed by atoms with E-state index in [2.05, 4.69) is 5.32 Å². The van der Waals surface area contributed by atoms with Gasteiger partial charge in [0.05, 0.1) is 6.04 Å². The Morgan fingerprint density at radius 3 is 1.79 bits per heavy atom. The average Bonchev–Trinajstić information content (AvgIpc) is 2.56. The first-order valence-corrected chi connectivity index (χ1v) is 7.49. The van der Waals surface area contributed by atoms with Gasteiger partial charge in [-0.15, -0.1) is 12.4 Å². The monoisotopic (exact) mass is 347 g/mol. The molecular weight excluding hydrogens is 326 g/mol. The summed E-state index contributed by atoms with van der Waals surface area (Å²) >= 11 is 0. The van der Waals surface area contributed by atoms with Crippen molar-refractivity contribution in [3.63, 3.8) is 0 Å². The van der Waals surface area contributed by atoms with Crippen LogP contribution in [-0.2, 0) is 22.4 Å². The second kappa shape index (κ2) is 9.70. The van der Waals surface area contributed by atoms with Crippen LogP contribution in [0.5, 0.6) is 0 Å². The Morgan fingerprint density at radius 2 is 1.33 bits per heavy atom. The van der Waals surface area contributed by atoms with Crippen molar-refractivity contribution in [1.82, 2.24) is 5.32 Å². The summed E-state index contributed by atoms with van der Waals surface area (Å²) in [6, 6.07) is 17.4. The summed E-state index contributed by atoms with van der Waals surface area (Å²) in [5.41, 5.74) is 13.2. The molecule has 0 saturated carbocycles. The molecule has 2 rings (SSSR count). The smallest absolute Gasteiger partial charge is 0.240 e. The Kier molecular flexibility index (Phi) is 7.95. The lowest BCUT2D eigenvalue weighted by molar-refractivity contribution is -0.128. The zero-order valence-corrected chi connectivity index (χ0v) is 14.0. The van der Waals surface area contributed by atoms with Gasteiger partial charge in [-0.1, -0.05) is 60.7 Å². The molecule has 0 bridgehead atoms. The number of hydrogen-bond acceptors (Lipinski definition) is 3. The zero-order chi connectivity index (χ0) is 16.7. The third-order valence-electron chi connectivity index (χ3n) is 3.58. The molecule has 0 aliphatic rings. The lowest BCUT2D eigenvalue weighted by atomic mass is 10.0. The number of primary amides is 1. The highest BCUT2D eigenvalue weighted by atomic mass is 35.5. The predicted molar refractivity (Wildman–Crippen MR) is 96.6 cm³/mol. The summed E-state index contributed by atoms with van der Waals surface area (Å²) in [7, 11) is 0. The van der Waals surface area contributed by atoms with Crippen molar-refractivity contribution in [2.45, 2.75) is 24.9 Å². The molecule has 128 valence electrons. The molecule has 0 radical (unpaired) electrons. The molecule has 0 aliphatic heterocycles. The van der Waals surface area contributed by atoms with Crippen LogP contribution >= 0.6 is 12.4 Å². The van der Waals surface area contributed by atoms with E-state index < -0.39 is 18.0 Å². The largest absolute Gasteiger partial charge is 0.368 e. The van der Waals surface area contributed by atoms with Crippen LogP contribution in [0.4, 0.5) is 0 Å². The SMILES string of the molecule is Cl.NC(=O)C(Cc1ccccc1)NC(=O)C(N)Cc1ccccc1. The molecule has 0 spiro atoms. The van der Waals surface area contributed by atoms with Crippen molar-refractivity contribution in [3.8, 4) is 0 Å². The van der Waals surface area contributed by atoms with Crippen molar-refractivity contribution in [1.29, 1.82) is 0 Å². The van der Waals surface area contributed by atoms with Gasteiger partial charge in [-0.05, 0) is 17.5 Å². The Labute approximate surface area is 147 Å². The molecule has 6 heteroatoms. The fourth-order valence-electron chi connectivity index (χ4n) is 2.31. The van der Waals surface area contributed by atoms with E-state index in [9.17, 15) is 9.59 Å². The number of rotatable bonds is 7. The molecule has 0 aliphatic carbocycles. The van der Waals surface area contributed by atoms with Crippen molar-refractivity contribution in [2.24, 2.45) is 11.5 Å². The first kappa shape index (κ1) is 19.7. The molecule has 0 aromatic heterocycles. The number of carbonyl (C=O) groups excluding carboxylic acids is 2. The van der Waals surface area contributed by atoms with Crippen LogP contribution < -0.4 is 16.8 Å². The number of nitrogens with one attached hydrogen (secondary N) is 1. The van der Waals surface area contributed by atoms with Gasteiger partial charge < -0.3 is 16.8 Å². The maximum atomic E-state index is 12.2. The van der Waals surface area contributed by atoms with Crippen LogP contribution in [0.2, 0.25) is 0 Å². The quantitative estimate of drug-likeness (QED) is 0.701. The van der Waals surface area contributed by atoms with Crippen molar-refractivity contribution < 1.29 is 9.59 Å². The summed E-state index contributed by atoms with van der Waals surface area (Å²) in [6.45, 7) is 0. The normalized spacial score (nSPS) is 12.5. The third-order valence-corrected chi connectivity index (χ3v) is 3.58. The molecule has 24 heavy (non-hydrogen) atoms. The fraction of sp³-hybridized carbons (Fsp3) is 0.222. The first-order chi connectivity index (χ1) is 11.1. The van der Waals surface area contributed by atoms with Gasteiger partial charge in [-0.25, -0.2) is 0 Å². The Bertz CT molecular complexity index is 650. The van der Waals surface area contributed by atoms with E-state index in [1.165, 1.54) is 0 Å². The van der Waals surface area contributed by atoms with Crippen LogP contribution in [0.25, 0.3) is 0 Å². The number of carbonyl (C=O) groups is 2. The van der Waals surface area contributed by atoms with Gasteiger partial charge in [0, 0.05) is 6.42 Å². The fourth-order valence-corrected chi connectivity index (χ4v) is 2.31. The number of amides is 2. The van der Waals surface area contributed by atoms with Gasteiger partial charge in [0.1, 0.15) is 6.04 Å². The molecule has 2 amide bonds. The third kappa shape index (κ3) is 6.02. The maximum Gasteiger partial charge on any atom is 0.240 e. The lowest BCUT2D eigenvalue weighted by Gasteiger charge is -2.18. The number of hydrogen-bond donors (Lipinski definition) is 3. The van der Waals surface area contributed by atoms with Crippen molar-refractivity contribution >= 4 is 24.2 Å². The Hall–Kier alpha value is -2.37. The van der Waals surface area contributed by atoms with Gasteiger partial charge >= 0.3 is 0 Å². The highest BCUT2D eigenvalue weighted by Crippen LogP contribution is 2.05. The minimum atomic E-state index is -0.772. The van der Waals surface area contributed by atoms with Crippen LogP contribution in [0, 0.1) is 0 Å². The summed E-state index contributed by atoms with van der Waals surface area (Å²) < 4.78 is 0. The number of nitrogens with two attached hydrogens (primary N) is 2. The zero-order valence-electron chi connectivity index (χ0n) is 13.2. The van der Waals surface area contributed by atoms with Crippen molar-refractivity contribution in [3.05, 3.63) is 71.8 Å². The molecule has 5 N–H and O–H groups in total. The van der Waals surface area contributed by atoms with Gasteiger partial charge in [-0.3, -0.25) is 9.59 Å². The van der Waals surface area contributed by atoms with Gasteiger partial charge in [0.15, 0.2) is 0 Å². The van der Waals surface area contributed by atoms with Gasteiger partial charge in [0.2, 0.25) is 11.8 Å². The van der Waals surface area contributed by atoms with Crippen LogP contribution in [-0.4, -0.2) is 23.9 Å². The number of benzene rings is 2. The molecule has 0 saturated heterocycles. The molecule has 2 aromatic carbocycles. The van der Waals surface area contributed by atoms with Crippen molar-refractivity contribution in [2.75, 3.05) is 0 Å². The Balaban J connectivity index is 0.00000288. The van der Waals surface area contributed by atoms with Crippen LogP contribution in [0.1, 0.15) is 11.1 Å². The number of halogens is 1. The summed E-state index contributed by atoms with van der Waals surface area (Å²) in [5, 5.41) is 2.65. The molecule has 5 nitrogen and oxygen atoms in total. The Morgan fingerprint density at radius 1 is 0.875 bits per heavy atom. The summed E-state index contributed by atoms with van der Waals surface area (Å²) in [5.74, 6) is -0.956. The van der Waals surface area contributed by atoms with E-state index in [0.717, 1.165) is 11.1 Å². The molecular formula is C18H22ClN3O2. The van der Waals surface area contributed by atoms with Gasteiger partial charge in [0.25, 0.3) is 0 Å². The first-order valence-electron chi connectivity index (χ1n) is 7.49. The summed E-state index contributed by atoms with van der Waals surface area (Å²) in [6.07, 6.45) is 0.753. The molecule has 2 unspecified atom stereocenters. The minimum Gasteiger partial charge on any atom is -0.368 e. The maximum absolute atomic E-state index is 12.2. The highest BCUT2D eigenvalue weighted by Gasteiger charge is 2.22. The van der Waals surface area contributed by atoms with E-state index in [4.69, 9.17) is 11.5 Å². The van der Waals surface area contributed by atoms with E-state index in [-0.39, 0.29) is 18.3 Å². The average molecular weight is 348 g/mol. The molecule has 0 heterocycles. The lowest BCUT2D eigenvalue weighted by Crippen LogP contribution is -2.51. The topological polar surface area (TPSA) is 98.2 Å². The molecule has 0 fully saturated rings. The second-order valence-corrected chi connectivity index (χ2v) is 5.45. The predicted octanol–water partition coefficient (Wildman–Crippen LogP) is 1.19. The molecule has 2 atom stereocenters. The van der Waals surface area contributed by atoms with Gasteiger partial charge in [-0.2, -0.15) is 0 Å². The van der Waals surface area contributed by atoms with E-state index in [1.807, 2.05) is 60.7 Å². The minimum absolute atomic E-state index is 0. The highest BCUT2D eigenvalue weighted by molar-refractivity contribution is 5.89. The summed E-state index contributed by atoms with van der Waals surface area (Å²) in [4.78, 5) is 23.8. The van der Waals surface area contributed by atoms with E-state index in [1.54, 1.807) is 0 Å². The standard InChI is InChI=1S/C18H21N3O2.ClH/c19-15(11-13-7-3-1-4-8-13)18(23)21-16(17(20)22)12-14-9-5-2-6-10-14;/h1-10,15-16H,11-12,19H2,(H2,20,22)(H,21,23);1H. The second-order valence-electron chi connectivity index (χ2n) is 5.45. The van der Waals surface area contributed by atoms with Crippen LogP contribution in [0.15, 0.2) is 60.7 Å². The van der Waals surface area contributed by atoms with E-state index in [0.29, 0.717) is 12.8 Å². The van der Waals surface area contributed by atoms with Crippen LogP contribution in [0.3, 0.4) is 0 Å².